The van der Waals surface area contributed by atoms with Crippen LogP contribution in [0, 0.1) is 6.92 Å². The van der Waals surface area contributed by atoms with E-state index >= 15 is 0 Å². The number of carbonyl (C=O) groups is 1. The van der Waals surface area contributed by atoms with Gasteiger partial charge in [0, 0.05) is 18.8 Å². The number of hydrogen-bond acceptors (Lipinski definition) is 3. The van der Waals surface area contributed by atoms with E-state index in [1.807, 2.05) is 19.1 Å². The largest absolute Gasteiger partial charge is 0.313 e. The molecule has 19 heavy (non-hydrogen) atoms. The zero-order valence-electron chi connectivity index (χ0n) is 11.9. The van der Waals surface area contributed by atoms with Gasteiger partial charge >= 0.3 is 0 Å². The molecule has 1 N–H and O–H groups in total. The van der Waals surface area contributed by atoms with E-state index in [1.54, 1.807) is 18.1 Å². The number of carbonyl (C=O) groups excluding carboxylic acids is 1. The predicted molar refractivity (Wildman–Crippen MR) is 77.3 cm³/mol. The van der Waals surface area contributed by atoms with Gasteiger partial charge in [-0.15, -0.1) is 0 Å². The molecule has 1 aliphatic carbocycles. The lowest BCUT2D eigenvalue weighted by molar-refractivity contribution is -0.117. The molecule has 0 spiro atoms. The summed E-state index contributed by atoms with van der Waals surface area (Å²) in [5, 5.41) is 3.37. The Balaban J connectivity index is 1.83. The monoisotopic (exact) mass is 261 g/mol. The van der Waals surface area contributed by atoms with Gasteiger partial charge in [-0.05, 0) is 31.9 Å². The second-order valence-corrected chi connectivity index (χ2v) is 5.33. The minimum Gasteiger partial charge on any atom is -0.313 e. The molecule has 0 aromatic carbocycles. The van der Waals surface area contributed by atoms with Crippen LogP contribution < -0.4 is 10.2 Å². The summed E-state index contributed by atoms with van der Waals surface area (Å²) < 4.78 is 0. The van der Waals surface area contributed by atoms with E-state index in [0.717, 1.165) is 11.4 Å². The highest BCUT2D eigenvalue weighted by Crippen LogP contribution is 2.17. The molecule has 4 nitrogen and oxygen atoms in total. The predicted octanol–water partition coefficient (Wildman–Crippen LogP) is 2.28. The van der Waals surface area contributed by atoms with E-state index in [9.17, 15) is 4.79 Å². The molecule has 0 unspecified atom stereocenters. The average Bonchev–Trinajstić information content (AvgIpc) is 2.46. The fourth-order valence-corrected chi connectivity index (χ4v) is 2.46. The van der Waals surface area contributed by atoms with Crippen LogP contribution in [0.25, 0.3) is 0 Å². The Morgan fingerprint density at radius 2 is 2.11 bits per heavy atom. The first-order valence-corrected chi connectivity index (χ1v) is 7.09. The standard InChI is InChI=1S/C15H23N3O/c1-12-8-9-14(10-16-12)18(2)15(19)11-17-13-6-4-3-5-7-13/h8-10,13,17H,3-7,11H2,1-2H3. The molecule has 1 aromatic rings. The number of aryl methyl sites for hydroxylation is 1. The number of aromatic nitrogens is 1. The zero-order valence-corrected chi connectivity index (χ0v) is 11.9. The van der Waals surface area contributed by atoms with Crippen LogP contribution in [-0.2, 0) is 4.79 Å². The van der Waals surface area contributed by atoms with Crippen LogP contribution in [0.3, 0.4) is 0 Å². The molecule has 0 bridgehead atoms. The third-order valence-corrected chi connectivity index (χ3v) is 3.80. The fraction of sp³-hybridized carbons (Fsp3) is 0.600. The lowest BCUT2D eigenvalue weighted by Gasteiger charge is -2.24. The van der Waals surface area contributed by atoms with Gasteiger partial charge in [0.15, 0.2) is 0 Å². The molecule has 0 radical (unpaired) electrons. The van der Waals surface area contributed by atoms with Crippen molar-refractivity contribution in [1.29, 1.82) is 0 Å². The Morgan fingerprint density at radius 3 is 2.74 bits per heavy atom. The van der Waals surface area contributed by atoms with Gasteiger partial charge in [-0.25, -0.2) is 0 Å². The molecular weight excluding hydrogens is 238 g/mol. The topological polar surface area (TPSA) is 45.2 Å². The fourth-order valence-electron chi connectivity index (χ4n) is 2.46. The molecule has 1 saturated carbocycles. The van der Waals surface area contributed by atoms with Gasteiger partial charge < -0.3 is 10.2 Å². The van der Waals surface area contributed by atoms with Crippen molar-refractivity contribution in [3.05, 3.63) is 24.0 Å². The van der Waals surface area contributed by atoms with Gasteiger partial charge in [-0.1, -0.05) is 19.3 Å². The van der Waals surface area contributed by atoms with Crippen molar-refractivity contribution < 1.29 is 4.79 Å². The molecule has 1 aliphatic rings. The molecule has 2 rings (SSSR count). The van der Waals surface area contributed by atoms with E-state index in [0.29, 0.717) is 12.6 Å². The van der Waals surface area contributed by atoms with Gasteiger partial charge in [0.05, 0.1) is 18.4 Å². The van der Waals surface area contributed by atoms with Crippen molar-refractivity contribution in [1.82, 2.24) is 10.3 Å². The van der Waals surface area contributed by atoms with Crippen molar-refractivity contribution in [3.8, 4) is 0 Å². The highest BCUT2D eigenvalue weighted by atomic mass is 16.2. The van der Waals surface area contributed by atoms with Gasteiger partial charge in [-0.3, -0.25) is 9.78 Å². The third-order valence-electron chi connectivity index (χ3n) is 3.80. The van der Waals surface area contributed by atoms with Gasteiger partial charge in [0.1, 0.15) is 0 Å². The van der Waals surface area contributed by atoms with Crippen LogP contribution in [0.15, 0.2) is 18.3 Å². The van der Waals surface area contributed by atoms with E-state index < -0.39 is 0 Å². The van der Waals surface area contributed by atoms with Gasteiger partial charge in [0.2, 0.25) is 5.91 Å². The van der Waals surface area contributed by atoms with Crippen LogP contribution in [0.1, 0.15) is 37.8 Å². The Hall–Kier alpha value is -1.42. The van der Waals surface area contributed by atoms with E-state index in [1.165, 1.54) is 32.1 Å². The third kappa shape index (κ3) is 4.03. The van der Waals surface area contributed by atoms with Crippen LogP contribution in [-0.4, -0.2) is 30.5 Å². The van der Waals surface area contributed by atoms with Crippen molar-refractivity contribution in [2.24, 2.45) is 0 Å². The van der Waals surface area contributed by atoms with Crippen molar-refractivity contribution in [2.45, 2.75) is 45.1 Å². The molecule has 1 amide bonds. The van der Waals surface area contributed by atoms with E-state index in [-0.39, 0.29) is 5.91 Å². The Labute approximate surface area is 115 Å². The number of pyridine rings is 1. The summed E-state index contributed by atoms with van der Waals surface area (Å²) in [5.74, 6) is 0.0937. The molecule has 4 heteroatoms. The second kappa shape index (κ2) is 6.66. The molecular formula is C15H23N3O. The number of nitrogens with zero attached hydrogens (tertiary/aromatic N) is 2. The zero-order chi connectivity index (χ0) is 13.7. The number of anilines is 1. The molecule has 0 saturated heterocycles. The summed E-state index contributed by atoms with van der Waals surface area (Å²) in [6.07, 6.45) is 8.04. The van der Waals surface area contributed by atoms with Crippen LogP contribution in [0.4, 0.5) is 5.69 Å². The Bertz CT molecular complexity index is 410. The highest BCUT2D eigenvalue weighted by molar-refractivity contribution is 5.94. The number of nitrogens with one attached hydrogen (secondary N) is 1. The summed E-state index contributed by atoms with van der Waals surface area (Å²) in [5.41, 5.74) is 1.81. The minimum atomic E-state index is 0.0937. The summed E-state index contributed by atoms with van der Waals surface area (Å²) in [6.45, 7) is 2.35. The first-order chi connectivity index (χ1) is 9.16. The summed E-state index contributed by atoms with van der Waals surface area (Å²) >= 11 is 0. The SMILES string of the molecule is Cc1ccc(N(C)C(=O)CNC2CCCCC2)cn1. The molecule has 1 heterocycles. The number of hydrogen-bond donors (Lipinski definition) is 1. The molecule has 0 atom stereocenters. The molecule has 1 fully saturated rings. The highest BCUT2D eigenvalue weighted by Gasteiger charge is 2.16. The number of rotatable bonds is 4. The maximum Gasteiger partial charge on any atom is 0.240 e. The Kier molecular flexibility index (Phi) is 4.91. The Morgan fingerprint density at radius 1 is 1.37 bits per heavy atom. The van der Waals surface area contributed by atoms with Crippen LogP contribution >= 0.6 is 0 Å². The lowest BCUT2D eigenvalue weighted by atomic mass is 9.95. The maximum absolute atomic E-state index is 12.1. The average molecular weight is 261 g/mol. The van der Waals surface area contributed by atoms with Crippen molar-refractivity contribution >= 4 is 11.6 Å². The summed E-state index contributed by atoms with van der Waals surface area (Å²) in [6, 6.07) is 4.37. The maximum atomic E-state index is 12.1. The lowest BCUT2D eigenvalue weighted by Crippen LogP contribution is -2.40. The molecule has 1 aromatic heterocycles. The molecule has 104 valence electrons. The first kappa shape index (κ1) is 14.0. The number of likely N-dealkylation sites (N-methyl/N-ethyl adjacent to an activating group) is 1. The summed E-state index contributed by atoms with van der Waals surface area (Å²) in [4.78, 5) is 18.0. The minimum absolute atomic E-state index is 0.0937. The van der Waals surface area contributed by atoms with Crippen molar-refractivity contribution in [2.75, 3.05) is 18.5 Å². The summed E-state index contributed by atoms with van der Waals surface area (Å²) in [7, 11) is 1.80. The van der Waals surface area contributed by atoms with Crippen LogP contribution in [0.5, 0.6) is 0 Å². The normalized spacial score (nSPS) is 16.3. The first-order valence-electron chi connectivity index (χ1n) is 7.09. The smallest absolute Gasteiger partial charge is 0.240 e. The van der Waals surface area contributed by atoms with Gasteiger partial charge in [-0.2, -0.15) is 0 Å². The van der Waals surface area contributed by atoms with Crippen molar-refractivity contribution in [3.63, 3.8) is 0 Å². The second-order valence-electron chi connectivity index (χ2n) is 5.33. The molecule has 0 aliphatic heterocycles. The van der Waals surface area contributed by atoms with Crippen LogP contribution in [0.2, 0.25) is 0 Å². The van der Waals surface area contributed by atoms with E-state index in [4.69, 9.17) is 0 Å². The van der Waals surface area contributed by atoms with E-state index in [2.05, 4.69) is 10.3 Å². The quantitative estimate of drug-likeness (QED) is 0.904. The van der Waals surface area contributed by atoms with Gasteiger partial charge in [0.25, 0.3) is 0 Å². The number of amides is 1.